The molecule has 3 nitrogen and oxygen atoms in total. The number of piperidine rings is 1. The number of rotatable bonds is 3. The molecule has 2 rings (SSSR count). The summed E-state index contributed by atoms with van der Waals surface area (Å²) in [4.78, 5) is 13.7. The predicted molar refractivity (Wildman–Crippen MR) is 72.1 cm³/mol. The van der Waals surface area contributed by atoms with Crippen LogP contribution in [0, 0.1) is 0 Å². The summed E-state index contributed by atoms with van der Waals surface area (Å²) < 4.78 is 0. The van der Waals surface area contributed by atoms with Gasteiger partial charge in [-0.3, -0.25) is 0 Å². The van der Waals surface area contributed by atoms with Gasteiger partial charge < -0.3 is 10.0 Å². The van der Waals surface area contributed by atoms with E-state index in [1.54, 1.807) is 12.1 Å². The average molecular weight is 247 g/mol. The van der Waals surface area contributed by atoms with Crippen LogP contribution in [0.4, 0.5) is 0 Å². The van der Waals surface area contributed by atoms with E-state index >= 15 is 0 Å². The van der Waals surface area contributed by atoms with Crippen molar-refractivity contribution >= 4 is 5.97 Å². The van der Waals surface area contributed by atoms with Gasteiger partial charge in [-0.05, 0) is 57.3 Å². The third kappa shape index (κ3) is 2.72. The lowest BCUT2D eigenvalue weighted by molar-refractivity contribution is 0.0694. The molecule has 0 aromatic heterocycles. The maximum atomic E-state index is 11.2. The van der Waals surface area contributed by atoms with E-state index in [0.717, 1.165) is 31.5 Å². The highest BCUT2D eigenvalue weighted by molar-refractivity contribution is 5.89. The number of hydrogen-bond donors (Lipinski definition) is 1. The van der Waals surface area contributed by atoms with Crippen LogP contribution in [-0.2, 0) is 0 Å². The quantitative estimate of drug-likeness (QED) is 0.892. The Balaban J connectivity index is 2.12. The summed E-state index contributed by atoms with van der Waals surface area (Å²) in [7, 11) is 0. The predicted octanol–water partition coefficient (Wildman–Crippen LogP) is 2.97. The van der Waals surface area contributed by atoms with Crippen LogP contribution in [0.5, 0.6) is 0 Å². The first-order valence-corrected chi connectivity index (χ1v) is 6.66. The van der Waals surface area contributed by atoms with Gasteiger partial charge in [-0.1, -0.05) is 18.2 Å². The lowest BCUT2D eigenvalue weighted by atomic mass is 9.86. The van der Waals surface area contributed by atoms with Gasteiger partial charge in [-0.15, -0.1) is 0 Å². The molecular formula is C15H21NO2. The van der Waals surface area contributed by atoms with Crippen molar-refractivity contribution in [3.63, 3.8) is 0 Å². The minimum Gasteiger partial charge on any atom is -0.478 e. The first kappa shape index (κ1) is 13.1. The fourth-order valence-electron chi connectivity index (χ4n) is 2.77. The molecule has 0 saturated carbocycles. The van der Waals surface area contributed by atoms with Crippen LogP contribution in [-0.4, -0.2) is 35.1 Å². The summed E-state index contributed by atoms with van der Waals surface area (Å²) in [6.45, 7) is 6.56. The van der Waals surface area contributed by atoms with Gasteiger partial charge in [0.15, 0.2) is 0 Å². The molecule has 0 atom stereocenters. The fraction of sp³-hybridized carbons (Fsp3) is 0.533. The summed E-state index contributed by atoms with van der Waals surface area (Å²) in [6.07, 6.45) is 2.12. The van der Waals surface area contributed by atoms with Crippen LogP contribution in [0.2, 0.25) is 0 Å². The maximum absolute atomic E-state index is 11.2. The second-order valence-electron chi connectivity index (χ2n) is 5.30. The fourth-order valence-corrected chi connectivity index (χ4v) is 2.77. The van der Waals surface area contributed by atoms with Gasteiger partial charge in [0.25, 0.3) is 0 Å². The van der Waals surface area contributed by atoms with Crippen molar-refractivity contribution in [3.05, 3.63) is 35.4 Å². The Hall–Kier alpha value is -1.35. The van der Waals surface area contributed by atoms with Crippen molar-refractivity contribution in [3.8, 4) is 0 Å². The summed E-state index contributed by atoms with van der Waals surface area (Å²) in [6, 6.07) is 8.01. The number of carbonyl (C=O) groups is 1. The van der Waals surface area contributed by atoms with E-state index in [4.69, 9.17) is 0 Å². The van der Waals surface area contributed by atoms with E-state index in [1.807, 2.05) is 12.1 Å². The van der Waals surface area contributed by atoms with E-state index in [2.05, 4.69) is 18.7 Å². The van der Waals surface area contributed by atoms with Crippen molar-refractivity contribution in [2.75, 3.05) is 13.1 Å². The number of carboxylic acid groups (broad SMARTS) is 1. The average Bonchev–Trinajstić information content (AvgIpc) is 2.39. The Kier molecular flexibility index (Phi) is 4.02. The normalized spacial score (nSPS) is 18.2. The van der Waals surface area contributed by atoms with Crippen LogP contribution >= 0.6 is 0 Å². The standard InChI is InChI=1S/C15H21NO2/c1-11(2)16-9-7-12(8-10-16)13-5-3-4-6-14(13)15(17)18/h3-6,11-12H,7-10H2,1-2H3,(H,17,18). The molecule has 3 heteroatoms. The number of benzene rings is 1. The lowest BCUT2D eigenvalue weighted by Crippen LogP contribution is -2.38. The number of nitrogens with zero attached hydrogens (tertiary/aromatic N) is 1. The van der Waals surface area contributed by atoms with E-state index in [0.29, 0.717) is 17.5 Å². The first-order valence-electron chi connectivity index (χ1n) is 6.66. The highest BCUT2D eigenvalue weighted by atomic mass is 16.4. The van der Waals surface area contributed by atoms with Crippen LogP contribution in [0.1, 0.15) is 48.5 Å². The van der Waals surface area contributed by atoms with Crippen molar-refractivity contribution in [2.45, 2.75) is 38.6 Å². The van der Waals surface area contributed by atoms with Crippen LogP contribution < -0.4 is 0 Å². The number of carboxylic acids is 1. The molecule has 0 spiro atoms. The minimum absolute atomic E-state index is 0.396. The molecular weight excluding hydrogens is 226 g/mol. The topological polar surface area (TPSA) is 40.5 Å². The number of hydrogen-bond acceptors (Lipinski definition) is 2. The summed E-state index contributed by atoms with van der Waals surface area (Å²) in [5.74, 6) is -0.413. The molecule has 1 aromatic rings. The minimum atomic E-state index is -0.808. The van der Waals surface area contributed by atoms with Crippen LogP contribution in [0.15, 0.2) is 24.3 Å². The van der Waals surface area contributed by atoms with Crippen molar-refractivity contribution < 1.29 is 9.90 Å². The highest BCUT2D eigenvalue weighted by Crippen LogP contribution is 2.30. The maximum Gasteiger partial charge on any atom is 0.335 e. The SMILES string of the molecule is CC(C)N1CCC(c2ccccc2C(=O)O)CC1. The van der Waals surface area contributed by atoms with Gasteiger partial charge in [0.1, 0.15) is 0 Å². The molecule has 1 fully saturated rings. The van der Waals surface area contributed by atoms with E-state index in [-0.39, 0.29) is 0 Å². The molecule has 0 amide bonds. The summed E-state index contributed by atoms with van der Waals surface area (Å²) in [5.41, 5.74) is 1.48. The first-order chi connectivity index (χ1) is 8.59. The van der Waals surface area contributed by atoms with Gasteiger partial charge in [-0.2, -0.15) is 0 Å². The van der Waals surface area contributed by atoms with E-state index in [1.165, 1.54) is 0 Å². The Morgan fingerprint density at radius 1 is 1.28 bits per heavy atom. The molecule has 1 saturated heterocycles. The highest BCUT2D eigenvalue weighted by Gasteiger charge is 2.24. The van der Waals surface area contributed by atoms with Crippen molar-refractivity contribution in [1.29, 1.82) is 0 Å². The van der Waals surface area contributed by atoms with Crippen molar-refractivity contribution in [2.24, 2.45) is 0 Å². The smallest absolute Gasteiger partial charge is 0.335 e. The second kappa shape index (κ2) is 5.53. The molecule has 1 N–H and O–H groups in total. The molecule has 0 radical (unpaired) electrons. The Labute approximate surface area is 108 Å². The zero-order chi connectivity index (χ0) is 13.1. The monoisotopic (exact) mass is 247 g/mol. The second-order valence-corrected chi connectivity index (χ2v) is 5.30. The largest absolute Gasteiger partial charge is 0.478 e. The zero-order valence-electron chi connectivity index (χ0n) is 11.1. The molecule has 1 aromatic carbocycles. The van der Waals surface area contributed by atoms with Crippen LogP contribution in [0.25, 0.3) is 0 Å². The van der Waals surface area contributed by atoms with Gasteiger partial charge in [-0.25, -0.2) is 4.79 Å². The van der Waals surface area contributed by atoms with Gasteiger partial charge >= 0.3 is 5.97 Å². The van der Waals surface area contributed by atoms with Gasteiger partial charge in [0.2, 0.25) is 0 Å². The van der Waals surface area contributed by atoms with Gasteiger partial charge in [0, 0.05) is 6.04 Å². The molecule has 98 valence electrons. The summed E-state index contributed by atoms with van der Waals surface area (Å²) >= 11 is 0. The molecule has 1 aliphatic heterocycles. The Bertz CT molecular complexity index is 420. The molecule has 18 heavy (non-hydrogen) atoms. The number of aromatic carboxylic acids is 1. The Morgan fingerprint density at radius 3 is 2.44 bits per heavy atom. The zero-order valence-corrected chi connectivity index (χ0v) is 11.1. The molecule has 1 heterocycles. The summed E-state index contributed by atoms with van der Waals surface area (Å²) in [5, 5.41) is 9.23. The van der Waals surface area contributed by atoms with E-state index < -0.39 is 5.97 Å². The third-order valence-electron chi connectivity index (χ3n) is 3.89. The molecule has 1 aliphatic rings. The molecule has 0 bridgehead atoms. The number of likely N-dealkylation sites (tertiary alicyclic amines) is 1. The van der Waals surface area contributed by atoms with E-state index in [9.17, 15) is 9.90 Å². The van der Waals surface area contributed by atoms with Crippen molar-refractivity contribution in [1.82, 2.24) is 4.90 Å². The van der Waals surface area contributed by atoms with Gasteiger partial charge in [0.05, 0.1) is 5.56 Å². The molecule has 0 aliphatic carbocycles. The van der Waals surface area contributed by atoms with Crippen LogP contribution in [0.3, 0.4) is 0 Å². The third-order valence-corrected chi connectivity index (χ3v) is 3.89. The Morgan fingerprint density at radius 2 is 1.89 bits per heavy atom. The molecule has 0 unspecified atom stereocenters. The lowest BCUT2D eigenvalue weighted by Gasteiger charge is -2.35.